The van der Waals surface area contributed by atoms with Crippen LogP contribution >= 0.6 is 0 Å². The topological polar surface area (TPSA) is 9.23 Å². The van der Waals surface area contributed by atoms with Gasteiger partial charge in [-0.1, -0.05) is 123 Å². The van der Waals surface area contributed by atoms with Crippen LogP contribution in [-0.4, -0.2) is 6.61 Å². The number of hydrogen-bond donors (Lipinski definition) is 0. The standard InChI is InChI=1S/C30H34O/c1-2-3-4-5-6-7-8-9-19-26-31-30(27-20-13-10-14-21-27,28-22-15-11-16-23-28)29-24-17-12-18-25-29/h1,10-18,20-25H,3-9,19,26H2. The molecule has 0 atom stereocenters. The molecule has 0 aromatic heterocycles. The van der Waals surface area contributed by atoms with E-state index in [4.69, 9.17) is 11.2 Å². The molecule has 1 nitrogen and oxygen atoms in total. The summed E-state index contributed by atoms with van der Waals surface area (Å²) in [5.41, 5.74) is 2.90. The van der Waals surface area contributed by atoms with E-state index in [1.54, 1.807) is 0 Å². The van der Waals surface area contributed by atoms with E-state index in [2.05, 4.69) is 96.9 Å². The van der Waals surface area contributed by atoms with Crippen molar-refractivity contribution < 1.29 is 4.74 Å². The van der Waals surface area contributed by atoms with Crippen LogP contribution in [0.3, 0.4) is 0 Å². The van der Waals surface area contributed by atoms with Gasteiger partial charge in [0.15, 0.2) is 0 Å². The highest BCUT2D eigenvalue weighted by atomic mass is 16.5. The zero-order valence-corrected chi connectivity index (χ0v) is 18.5. The predicted octanol–water partition coefficient (Wildman–Crippen LogP) is 7.75. The monoisotopic (exact) mass is 410 g/mol. The van der Waals surface area contributed by atoms with Gasteiger partial charge >= 0.3 is 0 Å². The Morgan fingerprint density at radius 3 is 1.35 bits per heavy atom. The molecular formula is C30H34O. The Kier molecular flexibility index (Phi) is 9.42. The van der Waals surface area contributed by atoms with Crippen molar-refractivity contribution in [2.24, 2.45) is 0 Å². The van der Waals surface area contributed by atoms with Crippen LogP contribution in [0.1, 0.15) is 68.1 Å². The Bertz CT molecular complexity index is 797. The Balaban J connectivity index is 1.71. The van der Waals surface area contributed by atoms with E-state index in [0.717, 1.165) is 25.9 Å². The van der Waals surface area contributed by atoms with Gasteiger partial charge in [-0.25, -0.2) is 0 Å². The minimum Gasteiger partial charge on any atom is -0.361 e. The first-order chi connectivity index (χ1) is 15.4. The molecule has 0 unspecified atom stereocenters. The van der Waals surface area contributed by atoms with Crippen molar-refractivity contribution >= 4 is 0 Å². The molecule has 3 aromatic rings. The molecule has 1 heteroatoms. The average molecular weight is 411 g/mol. The molecule has 0 radical (unpaired) electrons. The molecule has 0 aliphatic heterocycles. The third kappa shape index (κ3) is 6.33. The highest BCUT2D eigenvalue weighted by Gasteiger charge is 2.37. The van der Waals surface area contributed by atoms with Crippen LogP contribution in [0.15, 0.2) is 91.0 Å². The number of hydrogen-bond acceptors (Lipinski definition) is 1. The molecular weight excluding hydrogens is 376 g/mol. The van der Waals surface area contributed by atoms with Crippen LogP contribution in [0.2, 0.25) is 0 Å². The third-order valence-electron chi connectivity index (χ3n) is 5.82. The van der Waals surface area contributed by atoms with Crippen LogP contribution in [0.4, 0.5) is 0 Å². The summed E-state index contributed by atoms with van der Waals surface area (Å²) in [7, 11) is 0. The molecule has 0 saturated carbocycles. The molecule has 3 aromatic carbocycles. The predicted molar refractivity (Wildman–Crippen MR) is 131 cm³/mol. The largest absolute Gasteiger partial charge is 0.361 e. The van der Waals surface area contributed by atoms with E-state index in [0.29, 0.717) is 0 Å². The quantitative estimate of drug-likeness (QED) is 0.159. The van der Waals surface area contributed by atoms with Crippen molar-refractivity contribution in [3.8, 4) is 12.3 Å². The average Bonchev–Trinajstić information content (AvgIpc) is 2.84. The molecule has 160 valence electrons. The van der Waals surface area contributed by atoms with Crippen molar-refractivity contribution in [3.63, 3.8) is 0 Å². The van der Waals surface area contributed by atoms with E-state index in [1.165, 1.54) is 48.8 Å². The summed E-state index contributed by atoms with van der Waals surface area (Å²) in [6.45, 7) is 0.732. The highest BCUT2D eigenvalue weighted by Crippen LogP contribution is 2.40. The van der Waals surface area contributed by atoms with Crippen LogP contribution in [-0.2, 0) is 10.3 Å². The second kappa shape index (κ2) is 12.8. The van der Waals surface area contributed by atoms with Gasteiger partial charge in [-0.15, -0.1) is 12.3 Å². The Hall–Kier alpha value is -2.82. The first-order valence-corrected chi connectivity index (χ1v) is 11.6. The first-order valence-electron chi connectivity index (χ1n) is 11.6. The summed E-state index contributed by atoms with van der Waals surface area (Å²) < 4.78 is 6.83. The molecule has 0 saturated heterocycles. The Morgan fingerprint density at radius 2 is 0.935 bits per heavy atom. The number of ether oxygens (including phenoxy) is 1. The summed E-state index contributed by atoms with van der Waals surface area (Å²) >= 11 is 0. The Labute approximate surface area is 188 Å². The number of unbranched alkanes of at least 4 members (excludes halogenated alkanes) is 7. The minimum atomic E-state index is -0.598. The molecule has 0 aliphatic rings. The van der Waals surface area contributed by atoms with Crippen LogP contribution in [0, 0.1) is 12.3 Å². The van der Waals surface area contributed by atoms with Crippen LogP contribution < -0.4 is 0 Å². The molecule has 0 N–H and O–H groups in total. The summed E-state index contributed by atoms with van der Waals surface area (Å²) in [6, 6.07) is 31.8. The maximum absolute atomic E-state index is 6.83. The van der Waals surface area contributed by atoms with Gasteiger partial charge in [-0.05, 0) is 29.5 Å². The van der Waals surface area contributed by atoms with E-state index >= 15 is 0 Å². The molecule has 0 bridgehead atoms. The fourth-order valence-corrected chi connectivity index (χ4v) is 4.21. The molecule has 0 heterocycles. The Morgan fingerprint density at radius 1 is 0.548 bits per heavy atom. The molecule has 31 heavy (non-hydrogen) atoms. The zero-order chi connectivity index (χ0) is 21.6. The zero-order valence-electron chi connectivity index (χ0n) is 18.5. The van der Waals surface area contributed by atoms with Crippen molar-refractivity contribution in [2.75, 3.05) is 6.61 Å². The van der Waals surface area contributed by atoms with Crippen molar-refractivity contribution in [1.82, 2.24) is 0 Å². The van der Waals surface area contributed by atoms with Gasteiger partial charge in [-0.3, -0.25) is 0 Å². The normalized spacial score (nSPS) is 11.2. The lowest BCUT2D eigenvalue weighted by Crippen LogP contribution is -2.33. The lowest BCUT2D eigenvalue weighted by molar-refractivity contribution is 0.0106. The number of rotatable bonds is 13. The number of benzene rings is 3. The maximum Gasteiger partial charge on any atom is 0.143 e. The molecule has 3 rings (SSSR count). The van der Waals surface area contributed by atoms with Crippen molar-refractivity contribution in [3.05, 3.63) is 108 Å². The summed E-state index contributed by atoms with van der Waals surface area (Å²) in [4.78, 5) is 0. The third-order valence-corrected chi connectivity index (χ3v) is 5.82. The highest BCUT2D eigenvalue weighted by molar-refractivity contribution is 5.47. The van der Waals surface area contributed by atoms with E-state index in [1.807, 2.05) is 0 Å². The van der Waals surface area contributed by atoms with E-state index < -0.39 is 5.60 Å². The molecule has 0 fully saturated rings. The fourth-order valence-electron chi connectivity index (χ4n) is 4.21. The minimum absolute atomic E-state index is 0.598. The van der Waals surface area contributed by atoms with Crippen molar-refractivity contribution in [1.29, 1.82) is 0 Å². The van der Waals surface area contributed by atoms with Gasteiger partial charge in [0.05, 0.1) is 0 Å². The lowest BCUT2D eigenvalue weighted by atomic mass is 9.80. The van der Waals surface area contributed by atoms with Crippen LogP contribution in [0.25, 0.3) is 0 Å². The molecule has 0 aliphatic carbocycles. The van der Waals surface area contributed by atoms with Gasteiger partial charge in [-0.2, -0.15) is 0 Å². The summed E-state index contributed by atoms with van der Waals surface area (Å²) in [6.07, 6.45) is 14.7. The van der Waals surface area contributed by atoms with Crippen molar-refractivity contribution in [2.45, 2.75) is 57.0 Å². The van der Waals surface area contributed by atoms with E-state index in [-0.39, 0.29) is 0 Å². The first kappa shape index (κ1) is 22.9. The van der Waals surface area contributed by atoms with Crippen LogP contribution in [0.5, 0.6) is 0 Å². The van der Waals surface area contributed by atoms with Gasteiger partial charge in [0, 0.05) is 13.0 Å². The summed E-state index contributed by atoms with van der Waals surface area (Å²) in [5.74, 6) is 2.72. The SMILES string of the molecule is C#CCCCCCCCCCOC(c1ccccc1)(c1ccccc1)c1ccccc1. The van der Waals surface area contributed by atoms with Gasteiger partial charge < -0.3 is 4.74 Å². The lowest BCUT2D eigenvalue weighted by Gasteiger charge is -2.36. The molecule has 0 spiro atoms. The fraction of sp³-hybridized carbons (Fsp3) is 0.333. The second-order valence-electron chi connectivity index (χ2n) is 8.06. The number of terminal acetylenes is 1. The second-order valence-corrected chi connectivity index (χ2v) is 8.06. The van der Waals surface area contributed by atoms with E-state index in [9.17, 15) is 0 Å². The van der Waals surface area contributed by atoms with Gasteiger partial charge in [0.25, 0.3) is 0 Å². The maximum atomic E-state index is 6.83. The van der Waals surface area contributed by atoms with Gasteiger partial charge in [0.1, 0.15) is 5.60 Å². The molecule has 0 amide bonds. The summed E-state index contributed by atoms with van der Waals surface area (Å²) in [5, 5.41) is 0. The van der Waals surface area contributed by atoms with Gasteiger partial charge in [0.2, 0.25) is 0 Å². The smallest absolute Gasteiger partial charge is 0.143 e.